The summed E-state index contributed by atoms with van der Waals surface area (Å²) in [5.41, 5.74) is 1.07. The molecule has 0 saturated carbocycles. The number of ether oxygens (including phenoxy) is 1. The Bertz CT molecular complexity index is 838. The quantitative estimate of drug-likeness (QED) is 0.614. The molecule has 0 unspecified atom stereocenters. The number of aryl methyl sites for hydroxylation is 2. The second-order valence-corrected chi connectivity index (χ2v) is 8.22. The standard InChI is InChI=1S/C17H23N3O3S2/c1-4-12-10(2)25-15-14(12)16(22)20(8-11-6-5-7-23-11)17(19-15)24-9-13(21)18-3/h11H,4-9H2,1-3H3,(H,18,21)/t11-/m1/s1. The van der Waals surface area contributed by atoms with Crippen molar-refractivity contribution in [2.24, 2.45) is 0 Å². The van der Waals surface area contributed by atoms with Gasteiger partial charge in [-0.15, -0.1) is 11.3 Å². The fourth-order valence-electron chi connectivity index (χ4n) is 3.12. The summed E-state index contributed by atoms with van der Waals surface area (Å²) in [7, 11) is 1.61. The van der Waals surface area contributed by atoms with Gasteiger partial charge in [0.2, 0.25) is 5.91 Å². The van der Waals surface area contributed by atoms with Crippen molar-refractivity contribution in [1.82, 2.24) is 14.9 Å². The van der Waals surface area contributed by atoms with Crippen LogP contribution in [0, 0.1) is 6.92 Å². The Morgan fingerprint density at radius 3 is 2.96 bits per heavy atom. The molecule has 1 atom stereocenters. The van der Waals surface area contributed by atoms with Crippen LogP contribution < -0.4 is 10.9 Å². The van der Waals surface area contributed by atoms with E-state index in [9.17, 15) is 9.59 Å². The van der Waals surface area contributed by atoms with Crippen LogP contribution in [0.1, 0.15) is 30.2 Å². The molecule has 1 aliphatic rings. The van der Waals surface area contributed by atoms with Gasteiger partial charge in [-0.3, -0.25) is 14.2 Å². The molecule has 6 nitrogen and oxygen atoms in total. The van der Waals surface area contributed by atoms with E-state index in [4.69, 9.17) is 9.72 Å². The Balaban J connectivity index is 2.07. The van der Waals surface area contributed by atoms with Crippen molar-refractivity contribution in [1.29, 1.82) is 0 Å². The van der Waals surface area contributed by atoms with E-state index in [-0.39, 0.29) is 23.3 Å². The minimum Gasteiger partial charge on any atom is -0.376 e. The lowest BCUT2D eigenvalue weighted by atomic mass is 10.1. The number of nitrogens with one attached hydrogen (secondary N) is 1. The first-order valence-corrected chi connectivity index (χ1v) is 10.3. The Labute approximate surface area is 155 Å². The van der Waals surface area contributed by atoms with E-state index in [1.807, 2.05) is 6.92 Å². The number of carbonyl (C=O) groups excluding carboxylic acids is 1. The predicted molar refractivity (Wildman–Crippen MR) is 102 cm³/mol. The van der Waals surface area contributed by atoms with Crippen LogP contribution in [0.15, 0.2) is 9.95 Å². The molecule has 2 aromatic heterocycles. The van der Waals surface area contributed by atoms with Crippen molar-refractivity contribution >= 4 is 39.2 Å². The predicted octanol–water partition coefficient (Wildman–Crippen LogP) is 2.35. The van der Waals surface area contributed by atoms with Crippen molar-refractivity contribution in [3.63, 3.8) is 0 Å². The minimum absolute atomic E-state index is 0.0129. The molecule has 0 radical (unpaired) electrons. The number of rotatable bonds is 6. The molecule has 0 bridgehead atoms. The van der Waals surface area contributed by atoms with E-state index in [2.05, 4.69) is 12.2 Å². The number of nitrogens with zero attached hydrogens (tertiary/aromatic N) is 2. The fourth-order valence-corrected chi connectivity index (χ4v) is 5.16. The maximum absolute atomic E-state index is 13.2. The normalized spacial score (nSPS) is 17.3. The number of fused-ring (bicyclic) bond motifs is 1. The number of thioether (sulfide) groups is 1. The Hall–Kier alpha value is -1.38. The highest BCUT2D eigenvalue weighted by Gasteiger charge is 2.23. The van der Waals surface area contributed by atoms with Crippen LogP contribution in [0.5, 0.6) is 0 Å². The van der Waals surface area contributed by atoms with Gasteiger partial charge in [-0.05, 0) is 31.7 Å². The monoisotopic (exact) mass is 381 g/mol. The lowest BCUT2D eigenvalue weighted by Crippen LogP contribution is -2.29. The summed E-state index contributed by atoms with van der Waals surface area (Å²) in [5.74, 6) is 0.157. The van der Waals surface area contributed by atoms with E-state index in [1.165, 1.54) is 11.8 Å². The average molecular weight is 382 g/mol. The van der Waals surface area contributed by atoms with Crippen molar-refractivity contribution in [2.45, 2.75) is 50.9 Å². The van der Waals surface area contributed by atoms with Crippen LogP contribution in [0.4, 0.5) is 0 Å². The molecule has 1 saturated heterocycles. The SMILES string of the molecule is CCc1c(C)sc2nc(SCC(=O)NC)n(C[C@H]3CCCO3)c(=O)c12. The first-order chi connectivity index (χ1) is 12.0. The van der Waals surface area contributed by atoms with Gasteiger partial charge < -0.3 is 10.1 Å². The summed E-state index contributed by atoms with van der Waals surface area (Å²) >= 11 is 2.86. The smallest absolute Gasteiger partial charge is 0.263 e. The molecular formula is C17H23N3O3S2. The second-order valence-electron chi connectivity index (χ2n) is 6.08. The van der Waals surface area contributed by atoms with Gasteiger partial charge in [-0.25, -0.2) is 4.98 Å². The molecule has 0 aromatic carbocycles. The third-order valence-corrected chi connectivity index (χ3v) is 6.47. The van der Waals surface area contributed by atoms with Crippen LogP contribution in [0.25, 0.3) is 10.2 Å². The average Bonchev–Trinajstić information content (AvgIpc) is 3.22. The Morgan fingerprint density at radius 1 is 1.52 bits per heavy atom. The van der Waals surface area contributed by atoms with Crippen molar-refractivity contribution < 1.29 is 9.53 Å². The van der Waals surface area contributed by atoms with Gasteiger partial charge in [0, 0.05) is 18.5 Å². The number of amides is 1. The third-order valence-electron chi connectivity index (χ3n) is 4.45. The Morgan fingerprint density at radius 2 is 2.32 bits per heavy atom. The zero-order valence-corrected chi connectivity index (χ0v) is 16.4. The summed E-state index contributed by atoms with van der Waals surface area (Å²) < 4.78 is 7.42. The topological polar surface area (TPSA) is 73.2 Å². The molecule has 1 aliphatic heterocycles. The zero-order chi connectivity index (χ0) is 18.0. The van der Waals surface area contributed by atoms with Gasteiger partial charge in [0.25, 0.3) is 5.56 Å². The maximum atomic E-state index is 13.2. The first kappa shape index (κ1) is 18.4. The molecule has 25 heavy (non-hydrogen) atoms. The molecular weight excluding hydrogens is 358 g/mol. The Kier molecular flexibility index (Phi) is 5.81. The summed E-state index contributed by atoms with van der Waals surface area (Å²) in [6.45, 7) is 5.34. The number of carbonyl (C=O) groups is 1. The summed E-state index contributed by atoms with van der Waals surface area (Å²) in [6, 6.07) is 0. The van der Waals surface area contributed by atoms with E-state index < -0.39 is 0 Å². The molecule has 3 rings (SSSR count). The summed E-state index contributed by atoms with van der Waals surface area (Å²) in [5, 5.41) is 3.93. The zero-order valence-electron chi connectivity index (χ0n) is 14.8. The van der Waals surface area contributed by atoms with Crippen LogP contribution >= 0.6 is 23.1 Å². The van der Waals surface area contributed by atoms with E-state index in [1.54, 1.807) is 23.0 Å². The molecule has 8 heteroatoms. The van der Waals surface area contributed by atoms with Gasteiger partial charge in [-0.1, -0.05) is 18.7 Å². The largest absolute Gasteiger partial charge is 0.376 e. The van der Waals surface area contributed by atoms with Crippen molar-refractivity contribution in [3.8, 4) is 0 Å². The first-order valence-electron chi connectivity index (χ1n) is 8.53. The number of hydrogen-bond donors (Lipinski definition) is 1. The highest BCUT2D eigenvalue weighted by atomic mass is 32.2. The van der Waals surface area contributed by atoms with Gasteiger partial charge >= 0.3 is 0 Å². The number of aromatic nitrogens is 2. The van der Waals surface area contributed by atoms with Crippen LogP contribution in [-0.4, -0.2) is 41.0 Å². The highest BCUT2D eigenvalue weighted by Crippen LogP contribution is 2.30. The van der Waals surface area contributed by atoms with Gasteiger partial charge in [-0.2, -0.15) is 0 Å². The fraction of sp³-hybridized carbons (Fsp3) is 0.588. The van der Waals surface area contributed by atoms with Gasteiger partial charge in [0.15, 0.2) is 5.16 Å². The minimum atomic E-state index is -0.0837. The van der Waals surface area contributed by atoms with E-state index >= 15 is 0 Å². The van der Waals surface area contributed by atoms with Crippen LogP contribution in [0.2, 0.25) is 0 Å². The van der Waals surface area contributed by atoms with Gasteiger partial charge in [0.1, 0.15) is 4.83 Å². The maximum Gasteiger partial charge on any atom is 0.263 e. The molecule has 136 valence electrons. The molecule has 2 aromatic rings. The molecule has 1 N–H and O–H groups in total. The lowest BCUT2D eigenvalue weighted by molar-refractivity contribution is -0.118. The van der Waals surface area contributed by atoms with E-state index in [0.717, 1.165) is 46.5 Å². The molecule has 0 spiro atoms. The summed E-state index contributed by atoms with van der Waals surface area (Å²) in [4.78, 5) is 31.5. The highest BCUT2D eigenvalue weighted by molar-refractivity contribution is 7.99. The molecule has 1 amide bonds. The molecule has 1 fully saturated rings. The van der Waals surface area contributed by atoms with Crippen molar-refractivity contribution in [2.75, 3.05) is 19.4 Å². The summed E-state index contributed by atoms with van der Waals surface area (Å²) in [6.07, 6.45) is 2.83. The lowest BCUT2D eigenvalue weighted by Gasteiger charge is -2.15. The number of thiophene rings is 1. The third kappa shape index (κ3) is 3.75. The van der Waals surface area contributed by atoms with Gasteiger partial charge in [0.05, 0.1) is 23.8 Å². The van der Waals surface area contributed by atoms with Crippen LogP contribution in [-0.2, 0) is 22.5 Å². The van der Waals surface area contributed by atoms with Crippen LogP contribution in [0.3, 0.4) is 0 Å². The molecule has 0 aliphatic carbocycles. The van der Waals surface area contributed by atoms with E-state index in [0.29, 0.717) is 11.7 Å². The van der Waals surface area contributed by atoms with Crippen molar-refractivity contribution in [3.05, 3.63) is 20.8 Å². The second kappa shape index (κ2) is 7.88. The number of hydrogen-bond acceptors (Lipinski definition) is 6. The molecule has 3 heterocycles.